The van der Waals surface area contributed by atoms with Crippen molar-refractivity contribution in [2.45, 2.75) is 51.9 Å². The molecule has 0 aromatic heterocycles. The highest BCUT2D eigenvalue weighted by atomic mass is 15.1. The van der Waals surface area contributed by atoms with Gasteiger partial charge in [0, 0.05) is 6.54 Å². The minimum absolute atomic E-state index is 0.942. The molecule has 0 aromatic carbocycles. The number of rotatable bonds is 5. The maximum atomic E-state index is 3.50. The van der Waals surface area contributed by atoms with Gasteiger partial charge in [0.15, 0.2) is 0 Å². The molecule has 0 atom stereocenters. The van der Waals surface area contributed by atoms with Crippen LogP contribution in [0.3, 0.4) is 0 Å². The fourth-order valence-electron chi connectivity index (χ4n) is 3.46. The van der Waals surface area contributed by atoms with Crippen LogP contribution in [0.5, 0.6) is 0 Å². The van der Waals surface area contributed by atoms with Crippen LogP contribution < -0.4 is 5.32 Å². The third-order valence-electron chi connectivity index (χ3n) is 4.63. The summed E-state index contributed by atoms with van der Waals surface area (Å²) < 4.78 is 0. The lowest BCUT2D eigenvalue weighted by molar-refractivity contribution is 0.145. The molecule has 0 aromatic rings. The molecule has 1 aliphatic heterocycles. The molecule has 2 fully saturated rings. The highest BCUT2D eigenvalue weighted by molar-refractivity contribution is 4.77. The number of hydrogen-bond donors (Lipinski definition) is 1. The van der Waals surface area contributed by atoms with Gasteiger partial charge in [0.25, 0.3) is 0 Å². The van der Waals surface area contributed by atoms with Gasteiger partial charge in [-0.25, -0.2) is 0 Å². The topological polar surface area (TPSA) is 15.3 Å². The number of nitrogens with one attached hydrogen (secondary N) is 1. The van der Waals surface area contributed by atoms with Gasteiger partial charge in [-0.3, -0.25) is 0 Å². The van der Waals surface area contributed by atoms with Gasteiger partial charge in [-0.2, -0.15) is 0 Å². The Kier molecular flexibility index (Phi) is 5.79. The minimum atomic E-state index is 0.942. The van der Waals surface area contributed by atoms with Crippen molar-refractivity contribution in [1.29, 1.82) is 0 Å². The fraction of sp³-hybridized carbons (Fsp3) is 1.00. The van der Waals surface area contributed by atoms with Crippen LogP contribution in [0.25, 0.3) is 0 Å². The molecule has 1 saturated carbocycles. The largest absolute Gasteiger partial charge is 0.317 e. The van der Waals surface area contributed by atoms with E-state index in [4.69, 9.17) is 0 Å². The molecule has 1 saturated heterocycles. The molecule has 0 amide bonds. The molecular formula is C15H30N2. The lowest BCUT2D eigenvalue weighted by atomic mass is 9.88. The molecular weight excluding hydrogens is 208 g/mol. The summed E-state index contributed by atoms with van der Waals surface area (Å²) in [6.45, 7) is 8.68. The third kappa shape index (κ3) is 4.59. The van der Waals surface area contributed by atoms with Gasteiger partial charge < -0.3 is 10.2 Å². The van der Waals surface area contributed by atoms with E-state index in [9.17, 15) is 0 Å². The van der Waals surface area contributed by atoms with Gasteiger partial charge in [0.05, 0.1) is 0 Å². The maximum Gasteiger partial charge on any atom is 0.000966 e. The van der Waals surface area contributed by atoms with Crippen LogP contribution in [0.1, 0.15) is 51.9 Å². The number of piperidine rings is 1. The second-order valence-electron chi connectivity index (χ2n) is 6.06. The third-order valence-corrected chi connectivity index (χ3v) is 4.63. The second-order valence-corrected chi connectivity index (χ2v) is 6.06. The van der Waals surface area contributed by atoms with Crippen molar-refractivity contribution in [3.05, 3.63) is 0 Å². The second kappa shape index (κ2) is 7.38. The van der Waals surface area contributed by atoms with E-state index in [1.807, 2.05) is 0 Å². The van der Waals surface area contributed by atoms with Gasteiger partial charge in [-0.1, -0.05) is 26.2 Å². The van der Waals surface area contributed by atoms with Crippen molar-refractivity contribution in [3.63, 3.8) is 0 Å². The molecule has 0 spiro atoms. The summed E-state index contributed by atoms with van der Waals surface area (Å²) in [5.74, 6) is 1.96. The summed E-state index contributed by atoms with van der Waals surface area (Å²) in [6, 6.07) is 0. The average Bonchev–Trinajstić information content (AvgIpc) is 2.39. The molecule has 2 heteroatoms. The summed E-state index contributed by atoms with van der Waals surface area (Å²) in [5.41, 5.74) is 0. The summed E-state index contributed by atoms with van der Waals surface area (Å²) >= 11 is 0. The molecule has 1 heterocycles. The van der Waals surface area contributed by atoms with Crippen LogP contribution >= 0.6 is 0 Å². The van der Waals surface area contributed by atoms with Gasteiger partial charge in [0.1, 0.15) is 0 Å². The van der Waals surface area contributed by atoms with Crippen LogP contribution in [0.4, 0.5) is 0 Å². The maximum absolute atomic E-state index is 3.50. The van der Waals surface area contributed by atoms with Crippen molar-refractivity contribution >= 4 is 0 Å². The smallest absolute Gasteiger partial charge is 0.000966 e. The number of hydrogen-bond acceptors (Lipinski definition) is 2. The number of likely N-dealkylation sites (tertiary alicyclic amines) is 1. The Morgan fingerprint density at radius 1 is 0.941 bits per heavy atom. The van der Waals surface area contributed by atoms with Crippen LogP contribution in [-0.4, -0.2) is 37.6 Å². The van der Waals surface area contributed by atoms with Gasteiger partial charge in [-0.15, -0.1) is 0 Å². The van der Waals surface area contributed by atoms with Gasteiger partial charge in [0.2, 0.25) is 0 Å². The van der Waals surface area contributed by atoms with Crippen LogP contribution in [0.2, 0.25) is 0 Å². The molecule has 100 valence electrons. The van der Waals surface area contributed by atoms with E-state index >= 15 is 0 Å². The Balaban J connectivity index is 1.61. The van der Waals surface area contributed by atoms with Crippen LogP contribution in [0.15, 0.2) is 0 Å². The first-order chi connectivity index (χ1) is 8.38. The Morgan fingerprint density at radius 3 is 2.29 bits per heavy atom. The summed E-state index contributed by atoms with van der Waals surface area (Å²) in [7, 11) is 0. The molecule has 0 bridgehead atoms. The lowest BCUT2D eigenvalue weighted by Gasteiger charge is -2.35. The molecule has 0 radical (unpaired) electrons. The molecule has 2 aliphatic rings. The molecule has 1 N–H and O–H groups in total. The zero-order valence-electron chi connectivity index (χ0n) is 11.6. The number of nitrogens with zero attached hydrogens (tertiary/aromatic N) is 1. The Morgan fingerprint density at radius 2 is 1.65 bits per heavy atom. The average molecular weight is 238 g/mol. The first-order valence-corrected chi connectivity index (χ1v) is 7.81. The SMILES string of the molecule is CCNCC1CCN(CC2CCCCC2)CC1. The zero-order valence-corrected chi connectivity index (χ0v) is 11.6. The predicted octanol–water partition coefficient (Wildman–Crippen LogP) is 2.89. The first-order valence-electron chi connectivity index (χ1n) is 7.81. The van der Waals surface area contributed by atoms with Crippen LogP contribution in [-0.2, 0) is 0 Å². The minimum Gasteiger partial charge on any atom is -0.317 e. The van der Waals surface area contributed by atoms with E-state index in [-0.39, 0.29) is 0 Å². The van der Waals surface area contributed by atoms with E-state index in [0.29, 0.717) is 0 Å². The van der Waals surface area contributed by atoms with Gasteiger partial charge >= 0.3 is 0 Å². The highest BCUT2D eigenvalue weighted by Gasteiger charge is 2.22. The van der Waals surface area contributed by atoms with Crippen molar-refractivity contribution < 1.29 is 0 Å². The van der Waals surface area contributed by atoms with Crippen molar-refractivity contribution in [3.8, 4) is 0 Å². The zero-order chi connectivity index (χ0) is 11.9. The summed E-state index contributed by atoms with van der Waals surface area (Å²) in [5, 5.41) is 3.50. The summed E-state index contributed by atoms with van der Waals surface area (Å²) in [4.78, 5) is 2.73. The monoisotopic (exact) mass is 238 g/mol. The fourth-order valence-corrected chi connectivity index (χ4v) is 3.46. The quantitative estimate of drug-likeness (QED) is 0.792. The molecule has 0 unspecified atom stereocenters. The Hall–Kier alpha value is -0.0800. The lowest BCUT2D eigenvalue weighted by Crippen LogP contribution is -2.39. The normalized spacial score (nSPS) is 25.2. The van der Waals surface area contributed by atoms with Gasteiger partial charge in [-0.05, 0) is 63.7 Å². The predicted molar refractivity (Wildman–Crippen MR) is 74.3 cm³/mol. The van der Waals surface area contributed by atoms with E-state index in [1.165, 1.54) is 71.1 Å². The van der Waals surface area contributed by atoms with E-state index in [1.54, 1.807) is 0 Å². The molecule has 1 aliphatic carbocycles. The molecule has 17 heavy (non-hydrogen) atoms. The highest BCUT2D eigenvalue weighted by Crippen LogP contribution is 2.26. The van der Waals surface area contributed by atoms with Crippen molar-refractivity contribution in [1.82, 2.24) is 10.2 Å². The van der Waals surface area contributed by atoms with Crippen molar-refractivity contribution in [2.75, 3.05) is 32.7 Å². The van der Waals surface area contributed by atoms with E-state index < -0.39 is 0 Å². The summed E-state index contributed by atoms with van der Waals surface area (Å²) in [6.07, 6.45) is 10.3. The van der Waals surface area contributed by atoms with E-state index in [0.717, 1.165) is 18.4 Å². The Labute approximate surface area is 107 Å². The van der Waals surface area contributed by atoms with E-state index in [2.05, 4.69) is 17.1 Å². The molecule has 2 rings (SSSR count). The van der Waals surface area contributed by atoms with Crippen molar-refractivity contribution in [2.24, 2.45) is 11.8 Å². The van der Waals surface area contributed by atoms with Crippen LogP contribution in [0, 0.1) is 11.8 Å². The Bertz CT molecular complexity index is 191. The first kappa shape index (κ1) is 13.4. The molecule has 2 nitrogen and oxygen atoms in total. The standard InChI is InChI=1S/C15H30N2/c1-2-16-12-14-8-10-17(11-9-14)13-15-6-4-3-5-7-15/h14-16H,2-13H2,1H3.